The second-order valence-electron chi connectivity index (χ2n) is 6.36. The summed E-state index contributed by atoms with van der Waals surface area (Å²) in [6.07, 6.45) is 0. The lowest BCUT2D eigenvalue weighted by molar-refractivity contribution is 0.0664. The minimum Gasteiger partial charge on any atom is -0.274 e. The number of amides is 2. The van der Waals surface area contributed by atoms with Crippen molar-refractivity contribution in [2.45, 2.75) is 19.0 Å². The minimum absolute atomic E-state index is 0.229. The van der Waals surface area contributed by atoms with E-state index < -0.39 is 0 Å². The van der Waals surface area contributed by atoms with Gasteiger partial charge in [0.1, 0.15) is 5.82 Å². The summed E-state index contributed by atoms with van der Waals surface area (Å²) in [5.41, 5.74) is 3.11. The summed E-state index contributed by atoms with van der Waals surface area (Å²) in [6.45, 7) is 4.28. The summed E-state index contributed by atoms with van der Waals surface area (Å²) in [5, 5.41) is 9.18. The van der Waals surface area contributed by atoms with Crippen LogP contribution < -0.4 is 0 Å². The van der Waals surface area contributed by atoms with Gasteiger partial charge in [0.25, 0.3) is 11.8 Å². The van der Waals surface area contributed by atoms with Crippen molar-refractivity contribution in [2.75, 3.05) is 12.3 Å². The standard InChI is InChI=1S/C20H18N4O2S/c1-13-6-5-7-15(12-13)24-14(2)21-22-20(24)27-11-10-23-18(25)16-8-3-4-9-17(16)19(23)26/h3-9,12H,10-11H2,1-2H3. The first-order valence-corrected chi connectivity index (χ1v) is 9.62. The quantitative estimate of drug-likeness (QED) is 0.503. The molecule has 0 aliphatic carbocycles. The number of aryl methyl sites for hydroxylation is 2. The first-order chi connectivity index (χ1) is 13.1. The summed E-state index contributed by atoms with van der Waals surface area (Å²) in [6, 6.07) is 15.1. The second-order valence-corrected chi connectivity index (χ2v) is 7.42. The van der Waals surface area contributed by atoms with Crippen molar-refractivity contribution >= 4 is 23.6 Å². The highest BCUT2D eigenvalue weighted by Gasteiger charge is 2.34. The highest BCUT2D eigenvalue weighted by molar-refractivity contribution is 7.99. The van der Waals surface area contributed by atoms with Crippen LogP contribution in [-0.4, -0.2) is 43.8 Å². The van der Waals surface area contributed by atoms with Gasteiger partial charge in [-0.3, -0.25) is 19.1 Å². The van der Waals surface area contributed by atoms with Gasteiger partial charge >= 0.3 is 0 Å². The molecule has 1 aliphatic heterocycles. The number of benzene rings is 2. The van der Waals surface area contributed by atoms with Crippen LogP contribution in [0, 0.1) is 13.8 Å². The normalized spacial score (nSPS) is 13.3. The maximum Gasteiger partial charge on any atom is 0.261 e. The molecule has 0 bridgehead atoms. The Labute approximate surface area is 161 Å². The fraction of sp³-hybridized carbons (Fsp3) is 0.200. The highest BCUT2D eigenvalue weighted by atomic mass is 32.2. The molecule has 0 saturated carbocycles. The van der Waals surface area contributed by atoms with Gasteiger partial charge in [0.2, 0.25) is 0 Å². The van der Waals surface area contributed by atoms with Crippen LogP contribution in [0.5, 0.6) is 0 Å². The van der Waals surface area contributed by atoms with Gasteiger partial charge in [-0.25, -0.2) is 0 Å². The maximum atomic E-state index is 12.4. The van der Waals surface area contributed by atoms with Crippen LogP contribution in [0.2, 0.25) is 0 Å². The van der Waals surface area contributed by atoms with E-state index in [2.05, 4.69) is 16.3 Å². The molecular formula is C20H18N4O2S. The van der Waals surface area contributed by atoms with Crippen molar-refractivity contribution in [3.63, 3.8) is 0 Å². The molecule has 1 aromatic heterocycles. The van der Waals surface area contributed by atoms with E-state index >= 15 is 0 Å². The number of hydrogen-bond donors (Lipinski definition) is 0. The minimum atomic E-state index is -0.229. The number of carbonyl (C=O) groups excluding carboxylic acids is 2. The second kappa shape index (κ2) is 7.00. The Balaban J connectivity index is 1.48. The molecule has 2 heterocycles. The maximum absolute atomic E-state index is 12.4. The average Bonchev–Trinajstić information content (AvgIpc) is 3.15. The van der Waals surface area contributed by atoms with E-state index in [4.69, 9.17) is 0 Å². The molecule has 2 aromatic carbocycles. The van der Waals surface area contributed by atoms with Crippen LogP contribution in [0.1, 0.15) is 32.1 Å². The van der Waals surface area contributed by atoms with Gasteiger partial charge in [-0.15, -0.1) is 10.2 Å². The van der Waals surface area contributed by atoms with Crippen LogP contribution in [0.3, 0.4) is 0 Å². The summed E-state index contributed by atoms with van der Waals surface area (Å²) in [7, 11) is 0. The van der Waals surface area contributed by atoms with Crippen molar-refractivity contribution in [2.24, 2.45) is 0 Å². The van der Waals surface area contributed by atoms with Gasteiger partial charge in [0.15, 0.2) is 5.16 Å². The van der Waals surface area contributed by atoms with Gasteiger partial charge in [-0.1, -0.05) is 36.0 Å². The van der Waals surface area contributed by atoms with Gasteiger partial charge in [0, 0.05) is 18.0 Å². The smallest absolute Gasteiger partial charge is 0.261 e. The number of imide groups is 1. The Hall–Kier alpha value is -2.93. The van der Waals surface area contributed by atoms with Crippen LogP contribution in [0.25, 0.3) is 5.69 Å². The monoisotopic (exact) mass is 378 g/mol. The molecule has 0 fully saturated rings. The van der Waals surface area contributed by atoms with Crippen LogP contribution >= 0.6 is 11.8 Å². The van der Waals surface area contributed by atoms with Crippen LogP contribution in [0.15, 0.2) is 53.7 Å². The highest BCUT2D eigenvalue weighted by Crippen LogP contribution is 2.25. The number of nitrogens with zero attached hydrogens (tertiary/aromatic N) is 4. The third-order valence-corrected chi connectivity index (χ3v) is 5.39. The lowest BCUT2D eigenvalue weighted by Crippen LogP contribution is -2.31. The van der Waals surface area contributed by atoms with E-state index in [-0.39, 0.29) is 11.8 Å². The molecule has 7 heteroatoms. The molecule has 0 atom stereocenters. The molecule has 0 unspecified atom stereocenters. The van der Waals surface area contributed by atoms with Crippen molar-refractivity contribution in [3.8, 4) is 5.69 Å². The van der Waals surface area contributed by atoms with Crippen molar-refractivity contribution < 1.29 is 9.59 Å². The third-order valence-electron chi connectivity index (χ3n) is 4.48. The molecule has 6 nitrogen and oxygen atoms in total. The predicted molar refractivity (Wildman–Crippen MR) is 103 cm³/mol. The van der Waals surface area contributed by atoms with Crippen molar-refractivity contribution in [1.29, 1.82) is 0 Å². The number of thioether (sulfide) groups is 1. The number of carbonyl (C=O) groups is 2. The van der Waals surface area contributed by atoms with Crippen LogP contribution in [0.4, 0.5) is 0 Å². The van der Waals surface area contributed by atoms with E-state index in [1.54, 1.807) is 24.3 Å². The molecule has 2 amide bonds. The Kier molecular flexibility index (Phi) is 4.53. The molecule has 3 aromatic rings. The zero-order chi connectivity index (χ0) is 19.0. The lowest BCUT2D eigenvalue weighted by Gasteiger charge is -2.14. The molecule has 4 rings (SSSR count). The zero-order valence-corrected chi connectivity index (χ0v) is 15.9. The summed E-state index contributed by atoms with van der Waals surface area (Å²) in [5.74, 6) is 0.888. The molecule has 1 aliphatic rings. The molecule has 27 heavy (non-hydrogen) atoms. The Morgan fingerprint density at radius 2 is 1.63 bits per heavy atom. The van der Waals surface area contributed by atoms with E-state index in [0.29, 0.717) is 23.4 Å². The fourth-order valence-corrected chi connectivity index (χ4v) is 4.09. The molecular weight excluding hydrogens is 360 g/mol. The Morgan fingerprint density at radius 1 is 0.926 bits per heavy atom. The molecule has 0 N–H and O–H groups in total. The number of fused-ring (bicyclic) bond motifs is 1. The number of aromatic nitrogens is 3. The summed E-state index contributed by atoms with van der Waals surface area (Å²) < 4.78 is 1.99. The van der Waals surface area contributed by atoms with Crippen molar-refractivity contribution in [3.05, 3.63) is 71.0 Å². The van der Waals surface area contributed by atoms with Gasteiger partial charge < -0.3 is 0 Å². The zero-order valence-electron chi connectivity index (χ0n) is 15.0. The number of rotatable bonds is 5. The Bertz CT molecular complexity index is 1010. The molecule has 0 spiro atoms. The van der Waals surface area contributed by atoms with E-state index in [1.807, 2.05) is 36.6 Å². The van der Waals surface area contributed by atoms with E-state index in [0.717, 1.165) is 22.2 Å². The lowest BCUT2D eigenvalue weighted by atomic mass is 10.1. The average molecular weight is 378 g/mol. The first-order valence-electron chi connectivity index (χ1n) is 8.63. The SMILES string of the molecule is Cc1cccc(-n2c(C)nnc2SCCN2C(=O)c3ccccc3C2=O)c1. The van der Waals surface area contributed by atoms with Crippen molar-refractivity contribution in [1.82, 2.24) is 19.7 Å². The fourth-order valence-electron chi connectivity index (χ4n) is 3.17. The molecule has 0 radical (unpaired) electrons. The van der Waals surface area contributed by atoms with Gasteiger partial charge in [-0.2, -0.15) is 0 Å². The van der Waals surface area contributed by atoms with E-state index in [1.165, 1.54) is 16.7 Å². The molecule has 136 valence electrons. The molecule has 0 saturated heterocycles. The third kappa shape index (κ3) is 3.14. The number of hydrogen-bond acceptors (Lipinski definition) is 5. The van der Waals surface area contributed by atoms with Gasteiger partial charge in [0.05, 0.1) is 11.1 Å². The van der Waals surface area contributed by atoms with Gasteiger partial charge in [-0.05, 0) is 43.7 Å². The van der Waals surface area contributed by atoms with E-state index in [9.17, 15) is 9.59 Å². The summed E-state index contributed by atoms with van der Waals surface area (Å²) >= 11 is 1.48. The predicted octanol–water partition coefficient (Wildman–Crippen LogP) is 3.27. The Morgan fingerprint density at radius 3 is 2.30 bits per heavy atom. The summed E-state index contributed by atoms with van der Waals surface area (Å²) in [4.78, 5) is 26.2. The largest absolute Gasteiger partial charge is 0.274 e. The van der Waals surface area contributed by atoms with Crippen LogP contribution in [-0.2, 0) is 0 Å². The topological polar surface area (TPSA) is 68.1 Å². The first kappa shape index (κ1) is 17.5.